The van der Waals surface area contributed by atoms with Gasteiger partial charge in [-0.05, 0) is 37.5 Å². The highest BCUT2D eigenvalue weighted by Crippen LogP contribution is 2.22. The van der Waals surface area contributed by atoms with Crippen molar-refractivity contribution >= 4 is 24.0 Å². The molecule has 1 aromatic heterocycles. The highest BCUT2D eigenvalue weighted by molar-refractivity contribution is 6.31. The van der Waals surface area contributed by atoms with Gasteiger partial charge in [-0.2, -0.15) is 4.99 Å². The molecular formula is C19H27ClN6O. The molecule has 27 heavy (non-hydrogen) atoms. The number of amides is 1. The van der Waals surface area contributed by atoms with Gasteiger partial charge in [0.05, 0.1) is 10.7 Å². The smallest absolute Gasteiger partial charge is 0.213 e. The van der Waals surface area contributed by atoms with E-state index in [1.54, 1.807) is 6.20 Å². The van der Waals surface area contributed by atoms with Crippen LogP contribution >= 0.6 is 11.6 Å². The number of hydrogen-bond acceptors (Lipinski definition) is 5. The quantitative estimate of drug-likeness (QED) is 0.483. The molecule has 3 rings (SSSR count). The molecule has 1 aromatic rings. The molecule has 1 fully saturated rings. The average molecular weight is 391 g/mol. The van der Waals surface area contributed by atoms with Crippen molar-refractivity contribution in [3.05, 3.63) is 40.4 Å². The lowest BCUT2D eigenvalue weighted by Gasteiger charge is -2.36. The highest BCUT2D eigenvalue weighted by Gasteiger charge is 2.22. The van der Waals surface area contributed by atoms with Crippen LogP contribution in [0.4, 0.5) is 0 Å². The van der Waals surface area contributed by atoms with Crippen LogP contribution in [0.5, 0.6) is 0 Å². The Kier molecular flexibility index (Phi) is 6.68. The van der Waals surface area contributed by atoms with Gasteiger partial charge in [0.2, 0.25) is 12.4 Å². The summed E-state index contributed by atoms with van der Waals surface area (Å²) in [4.78, 5) is 26.9. The maximum Gasteiger partial charge on any atom is 0.213 e. The molecule has 146 valence electrons. The Morgan fingerprint density at radius 2 is 2.11 bits per heavy atom. The molecule has 7 nitrogen and oxygen atoms in total. The molecule has 1 N–H and O–H groups in total. The molecule has 2 aliphatic rings. The molecule has 3 heterocycles. The number of pyridine rings is 1. The maximum atomic E-state index is 11.1. The molecular weight excluding hydrogens is 364 g/mol. The summed E-state index contributed by atoms with van der Waals surface area (Å²) in [6.07, 6.45) is 4.67. The van der Waals surface area contributed by atoms with E-state index in [0.29, 0.717) is 17.4 Å². The Morgan fingerprint density at radius 1 is 1.33 bits per heavy atom. The summed E-state index contributed by atoms with van der Waals surface area (Å²) >= 11 is 6.22. The van der Waals surface area contributed by atoms with E-state index in [2.05, 4.69) is 39.0 Å². The Morgan fingerprint density at radius 3 is 2.78 bits per heavy atom. The van der Waals surface area contributed by atoms with Gasteiger partial charge in [-0.3, -0.25) is 20.0 Å². The minimum absolute atomic E-state index is 0.628. The minimum Gasteiger partial charge on any atom is -0.360 e. The van der Waals surface area contributed by atoms with Crippen LogP contribution in [-0.4, -0.2) is 71.8 Å². The summed E-state index contributed by atoms with van der Waals surface area (Å²) in [5.41, 5.74) is 2.16. The van der Waals surface area contributed by atoms with Gasteiger partial charge in [-0.25, -0.2) is 0 Å². The third-order valence-corrected chi connectivity index (χ3v) is 5.41. The van der Waals surface area contributed by atoms with Gasteiger partial charge in [-0.15, -0.1) is 0 Å². The van der Waals surface area contributed by atoms with Crippen LogP contribution in [0.15, 0.2) is 34.7 Å². The fourth-order valence-corrected chi connectivity index (χ4v) is 3.70. The van der Waals surface area contributed by atoms with Crippen LogP contribution in [0.1, 0.15) is 25.5 Å². The average Bonchev–Trinajstić information content (AvgIpc) is 2.66. The number of aromatic nitrogens is 1. The van der Waals surface area contributed by atoms with Crippen LogP contribution in [0.2, 0.25) is 5.02 Å². The van der Waals surface area contributed by atoms with Gasteiger partial charge in [-0.1, -0.05) is 11.6 Å². The first-order chi connectivity index (χ1) is 13.1. The molecule has 0 spiro atoms. The Hall–Kier alpha value is -2.12. The number of carbonyl (C=O) groups excluding carboxylic acids is 1. The molecule has 0 atom stereocenters. The number of allylic oxidation sites excluding steroid dienone is 1. The number of carbonyl (C=O) groups is 1. The molecule has 8 heteroatoms. The van der Waals surface area contributed by atoms with Crippen LogP contribution in [0, 0.1) is 0 Å². The molecule has 1 saturated heterocycles. The predicted octanol–water partition coefficient (Wildman–Crippen LogP) is 1.91. The normalized spacial score (nSPS) is 19.4. The molecule has 0 unspecified atom stereocenters. The van der Waals surface area contributed by atoms with Crippen LogP contribution < -0.4 is 5.32 Å². The fraction of sp³-hybridized carbons (Fsp3) is 0.526. The number of nitrogens with zero attached hydrogens (tertiary/aromatic N) is 5. The second kappa shape index (κ2) is 9.19. The predicted molar refractivity (Wildman–Crippen MR) is 107 cm³/mol. The van der Waals surface area contributed by atoms with Crippen molar-refractivity contribution in [1.82, 2.24) is 25.0 Å². The first-order valence-electron chi connectivity index (χ1n) is 9.35. The largest absolute Gasteiger partial charge is 0.360 e. The second-order valence-corrected chi connectivity index (χ2v) is 7.43. The molecule has 0 saturated carbocycles. The lowest BCUT2D eigenvalue weighted by Crippen LogP contribution is -2.52. The monoisotopic (exact) mass is 390 g/mol. The maximum absolute atomic E-state index is 11.1. The Bertz CT molecular complexity index is 727. The van der Waals surface area contributed by atoms with Gasteiger partial charge in [0.1, 0.15) is 5.82 Å². The SMILES string of the molecule is CC1=C(N=C(NC=O)N2CCN(Cc3ncccc3Cl)CC2)N(C)CCC1. The summed E-state index contributed by atoms with van der Waals surface area (Å²) < 4.78 is 0. The van der Waals surface area contributed by atoms with Crippen LogP contribution in [0.25, 0.3) is 0 Å². The zero-order chi connectivity index (χ0) is 19.2. The zero-order valence-corrected chi connectivity index (χ0v) is 16.7. The minimum atomic E-state index is 0.628. The van der Waals surface area contributed by atoms with Crippen LogP contribution in [0.3, 0.4) is 0 Å². The molecule has 0 radical (unpaired) electrons. The lowest BCUT2D eigenvalue weighted by atomic mass is 10.1. The van der Waals surface area contributed by atoms with E-state index in [9.17, 15) is 4.79 Å². The number of piperazine rings is 1. The molecule has 0 aromatic carbocycles. The summed E-state index contributed by atoms with van der Waals surface area (Å²) in [6.45, 7) is 7.14. The number of rotatable bonds is 4. The molecule has 1 amide bonds. The highest BCUT2D eigenvalue weighted by atomic mass is 35.5. The standard InChI is InChI=1S/C19H27ClN6O/c1-15-5-4-8-24(2)18(15)23-19(22-14-27)26-11-9-25(10-12-26)13-17-16(20)6-3-7-21-17/h3,6-7,14H,4-5,8-13H2,1-2H3,(H,22,23,27). The summed E-state index contributed by atoms with van der Waals surface area (Å²) in [6, 6.07) is 3.71. The van der Waals surface area contributed by atoms with Crippen molar-refractivity contribution in [1.29, 1.82) is 0 Å². The number of nitrogens with one attached hydrogen (secondary N) is 1. The van der Waals surface area contributed by atoms with E-state index in [-0.39, 0.29) is 0 Å². The van der Waals surface area contributed by atoms with Crippen molar-refractivity contribution in [2.24, 2.45) is 4.99 Å². The Balaban J connectivity index is 1.66. The van der Waals surface area contributed by atoms with Crippen molar-refractivity contribution in [2.75, 3.05) is 39.8 Å². The summed E-state index contributed by atoms with van der Waals surface area (Å²) in [5, 5.41) is 3.50. The molecule has 0 bridgehead atoms. The fourth-order valence-electron chi connectivity index (χ4n) is 3.52. The van der Waals surface area contributed by atoms with E-state index in [1.165, 1.54) is 5.57 Å². The zero-order valence-electron chi connectivity index (χ0n) is 16.0. The summed E-state index contributed by atoms with van der Waals surface area (Å²) in [7, 11) is 2.05. The van der Waals surface area contributed by atoms with E-state index in [4.69, 9.17) is 16.6 Å². The van der Waals surface area contributed by atoms with E-state index in [1.807, 2.05) is 12.1 Å². The summed E-state index contributed by atoms with van der Waals surface area (Å²) in [5.74, 6) is 1.59. The van der Waals surface area contributed by atoms with Crippen LogP contribution in [-0.2, 0) is 11.3 Å². The van der Waals surface area contributed by atoms with Crippen molar-refractivity contribution in [3.63, 3.8) is 0 Å². The van der Waals surface area contributed by atoms with Gasteiger partial charge in [0.25, 0.3) is 0 Å². The Labute approximate surface area is 165 Å². The van der Waals surface area contributed by atoms with E-state index in [0.717, 1.165) is 63.6 Å². The lowest BCUT2D eigenvalue weighted by molar-refractivity contribution is -0.108. The van der Waals surface area contributed by atoms with Crippen molar-refractivity contribution < 1.29 is 4.79 Å². The van der Waals surface area contributed by atoms with Crippen molar-refractivity contribution in [2.45, 2.75) is 26.3 Å². The third kappa shape index (κ3) is 4.99. The molecule has 2 aliphatic heterocycles. The van der Waals surface area contributed by atoms with Crippen molar-refractivity contribution in [3.8, 4) is 0 Å². The van der Waals surface area contributed by atoms with Gasteiger partial charge < -0.3 is 9.80 Å². The third-order valence-electron chi connectivity index (χ3n) is 5.07. The van der Waals surface area contributed by atoms with Gasteiger partial charge >= 0.3 is 0 Å². The topological polar surface area (TPSA) is 64.1 Å². The number of halogens is 1. The number of aliphatic imine (C=N–C) groups is 1. The first kappa shape index (κ1) is 19.6. The molecule has 0 aliphatic carbocycles. The first-order valence-corrected chi connectivity index (χ1v) is 9.72. The van der Waals surface area contributed by atoms with Gasteiger partial charge in [0, 0.05) is 52.5 Å². The van der Waals surface area contributed by atoms with E-state index >= 15 is 0 Å². The number of hydrogen-bond donors (Lipinski definition) is 1. The van der Waals surface area contributed by atoms with Gasteiger partial charge in [0.15, 0.2) is 0 Å². The second-order valence-electron chi connectivity index (χ2n) is 7.02. The number of guanidine groups is 1. The van der Waals surface area contributed by atoms with E-state index < -0.39 is 0 Å².